The van der Waals surface area contributed by atoms with Crippen molar-refractivity contribution in [3.05, 3.63) is 187 Å². The first kappa shape index (κ1) is 31.1. The molecular formula is C53H31N3S. The van der Waals surface area contributed by atoms with Crippen LogP contribution in [0.2, 0.25) is 0 Å². The molecule has 0 saturated carbocycles. The SMILES string of the molecule is c1ccc(-c2nc(-c3cc4ccccc4c4ccccc34)c3c(n2)-c2c(ccc4sc5ccccc5c24)-n2c4cc(ccc4c4cc5ccccc5cc42)C3)cc1. The molecule has 0 unspecified atom stereocenters. The summed E-state index contributed by atoms with van der Waals surface area (Å²) in [6, 6.07) is 64.5. The summed E-state index contributed by atoms with van der Waals surface area (Å²) in [7, 11) is 0. The van der Waals surface area contributed by atoms with E-state index in [-0.39, 0.29) is 0 Å². The highest BCUT2D eigenvalue weighted by Gasteiger charge is 2.28. The first-order valence-corrected chi connectivity index (χ1v) is 20.3. The third kappa shape index (κ3) is 4.47. The zero-order valence-corrected chi connectivity index (χ0v) is 31.5. The van der Waals surface area contributed by atoms with Crippen molar-refractivity contribution in [3.63, 3.8) is 0 Å². The van der Waals surface area contributed by atoms with Gasteiger partial charge in [0.05, 0.1) is 28.1 Å². The van der Waals surface area contributed by atoms with E-state index in [9.17, 15) is 0 Å². The molecule has 4 heteroatoms. The molecule has 9 aromatic carbocycles. The lowest BCUT2D eigenvalue weighted by Gasteiger charge is -2.21. The molecule has 1 aliphatic heterocycles. The topological polar surface area (TPSA) is 30.7 Å². The van der Waals surface area contributed by atoms with Crippen molar-refractivity contribution in [1.29, 1.82) is 0 Å². The van der Waals surface area contributed by atoms with Crippen molar-refractivity contribution in [3.8, 4) is 39.6 Å². The average Bonchev–Trinajstić information content (AvgIpc) is 3.81. The highest BCUT2D eigenvalue weighted by molar-refractivity contribution is 7.26. The predicted octanol–water partition coefficient (Wildman–Crippen LogP) is 14.3. The molecule has 264 valence electrons. The van der Waals surface area contributed by atoms with Crippen molar-refractivity contribution < 1.29 is 0 Å². The van der Waals surface area contributed by atoms with Crippen LogP contribution in [0.1, 0.15) is 11.1 Å². The number of benzene rings is 9. The smallest absolute Gasteiger partial charge is 0.160 e. The van der Waals surface area contributed by atoms with Crippen LogP contribution < -0.4 is 0 Å². The molecule has 3 nitrogen and oxygen atoms in total. The third-order valence-electron chi connectivity index (χ3n) is 12.1. The summed E-state index contributed by atoms with van der Waals surface area (Å²) < 4.78 is 5.05. The van der Waals surface area contributed by atoms with Crippen molar-refractivity contribution >= 4 is 85.6 Å². The number of hydrogen-bond donors (Lipinski definition) is 0. The Kier molecular flexibility index (Phi) is 6.38. The van der Waals surface area contributed by atoms with Gasteiger partial charge in [0.25, 0.3) is 0 Å². The maximum absolute atomic E-state index is 5.74. The second kappa shape index (κ2) is 11.7. The van der Waals surface area contributed by atoms with Crippen LogP contribution in [-0.2, 0) is 6.42 Å². The number of rotatable bonds is 2. The van der Waals surface area contributed by atoms with E-state index in [2.05, 4.69) is 180 Å². The summed E-state index contributed by atoms with van der Waals surface area (Å²) in [5.74, 6) is 0.725. The van der Waals surface area contributed by atoms with Crippen LogP contribution in [0, 0.1) is 0 Å². The van der Waals surface area contributed by atoms with Gasteiger partial charge in [0, 0.05) is 59.6 Å². The molecule has 2 bridgehead atoms. The van der Waals surface area contributed by atoms with Crippen LogP contribution in [0.4, 0.5) is 0 Å². The highest BCUT2D eigenvalue weighted by Crippen LogP contribution is 2.49. The van der Waals surface area contributed by atoms with Crippen molar-refractivity contribution in [2.24, 2.45) is 0 Å². The summed E-state index contributed by atoms with van der Waals surface area (Å²) in [5.41, 5.74) is 11.1. The fraction of sp³-hybridized carbons (Fsp3) is 0.0189. The quantitative estimate of drug-likeness (QED) is 0.165. The Balaban J connectivity index is 1.26. The molecule has 0 N–H and O–H groups in total. The van der Waals surface area contributed by atoms with E-state index in [1.54, 1.807) is 0 Å². The predicted molar refractivity (Wildman–Crippen MR) is 241 cm³/mol. The Morgan fingerprint density at radius 3 is 2.00 bits per heavy atom. The van der Waals surface area contributed by atoms with Gasteiger partial charge in [-0.3, -0.25) is 0 Å². The molecule has 0 fully saturated rings. The fourth-order valence-electron chi connectivity index (χ4n) is 9.60. The molecule has 3 aromatic heterocycles. The first-order chi connectivity index (χ1) is 28.2. The molecule has 0 radical (unpaired) electrons. The van der Waals surface area contributed by atoms with Gasteiger partial charge in [-0.25, -0.2) is 9.97 Å². The molecule has 57 heavy (non-hydrogen) atoms. The van der Waals surface area contributed by atoms with Gasteiger partial charge in [0.2, 0.25) is 0 Å². The monoisotopic (exact) mass is 741 g/mol. The number of fused-ring (bicyclic) bond motifs is 16. The molecule has 12 aromatic rings. The van der Waals surface area contributed by atoms with Crippen LogP contribution in [0.15, 0.2) is 176 Å². The first-order valence-electron chi connectivity index (χ1n) is 19.5. The summed E-state index contributed by atoms with van der Waals surface area (Å²) in [6.07, 6.45) is 0.679. The molecule has 13 rings (SSSR count). The van der Waals surface area contributed by atoms with Gasteiger partial charge in [-0.1, -0.05) is 133 Å². The molecule has 0 atom stereocenters. The second-order valence-electron chi connectivity index (χ2n) is 15.3. The largest absolute Gasteiger partial charge is 0.309 e. The molecule has 4 heterocycles. The zero-order chi connectivity index (χ0) is 37.2. The minimum Gasteiger partial charge on any atom is -0.309 e. The third-order valence-corrected chi connectivity index (χ3v) is 13.3. The van der Waals surface area contributed by atoms with Crippen molar-refractivity contribution in [2.75, 3.05) is 0 Å². The number of nitrogens with zero attached hydrogens (tertiary/aromatic N) is 3. The number of aromatic nitrogens is 3. The summed E-state index contributed by atoms with van der Waals surface area (Å²) >= 11 is 1.86. The van der Waals surface area contributed by atoms with E-state index in [0.717, 1.165) is 45.2 Å². The minimum atomic E-state index is 0.679. The van der Waals surface area contributed by atoms with Gasteiger partial charge < -0.3 is 4.57 Å². The van der Waals surface area contributed by atoms with Crippen LogP contribution in [0.5, 0.6) is 0 Å². The molecular weight excluding hydrogens is 711 g/mol. The molecule has 1 aliphatic rings. The lowest BCUT2D eigenvalue weighted by atomic mass is 9.89. The molecule has 0 amide bonds. The number of thiophene rings is 1. The number of hydrogen-bond acceptors (Lipinski definition) is 3. The van der Waals surface area contributed by atoms with E-state index >= 15 is 0 Å². The summed E-state index contributed by atoms with van der Waals surface area (Å²) in [6.45, 7) is 0. The van der Waals surface area contributed by atoms with Crippen LogP contribution in [-0.4, -0.2) is 14.5 Å². The lowest BCUT2D eigenvalue weighted by Crippen LogP contribution is -2.06. The van der Waals surface area contributed by atoms with E-state index < -0.39 is 0 Å². The van der Waals surface area contributed by atoms with Gasteiger partial charge >= 0.3 is 0 Å². The molecule has 0 saturated heterocycles. The van der Waals surface area contributed by atoms with Crippen LogP contribution in [0.3, 0.4) is 0 Å². The second-order valence-corrected chi connectivity index (χ2v) is 16.4. The highest BCUT2D eigenvalue weighted by atomic mass is 32.1. The van der Waals surface area contributed by atoms with Gasteiger partial charge in [-0.15, -0.1) is 11.3 Å². The Hall–Kier alpha value is -7.14. The summed E-state index contributed by atoms with van der Waals surface area (Å²) in [4.78, 5) is 11.4. The maximum atomic E-state index is 5.74. The summed E-state index contributed by atoms with van der Waals surface area (Å²) in [5, 5.41) is 12.3. The van der Waals surface area contributed by atoms with Crippen LogP contribution >= 0.6 is 11.3 Å². The van der Waals surface area contributed by atoms with E-state index in [1.165, 1.54) is 79.9 Å². The van der Waals surface area contributed by atoms with Crippen molar-refractivity contribution in [1.82, 2.24) is 14.5 Å². The Morgan fingerprint density at radius 1 is 0.456 bits per heavy atom. The average molecular weight is 742 g/mol. The molecule has 0 spiro atoms. The Morgan fingerprint density at radius 2 is 1.14 bits per heavy atom. The van der Waals surface area contributed by atoms with Crippen LogP contribution in [0.25, 0.3) is 114 Å². The Labute approximate surface area is 331 Å². The van der Waals surface area contributed by atoms with Gasteiger partial charge in [-0.2, -0.15) is 0 Å². The minimum absolute atomic E-state index is 0.679. The maximum Gasteiger partial charge on any atom is 0.160 e. The molecule has 0 aliphatic carbocycles. The lowest BCUT2D eigenvalue weighted by molar-refractivity contribution is 1.09. The van der Waals surface area contributed by atoms with Gasteiger partial charge in [0.15, 0.2) is 5.82 Å². The van der Waals surface area contributed by atoms with E-state index in [4.69, 9.17) is 9.97 Å². The Bertz CT molecular complexity index is 3670. The van der Waals surface area contributed by atoms with Crippen molar-refractivity contribution in [2.45, 2.75) is 6.42 Å². The normalized spacial score (nSPS) is 12.5. The van der Waals surface area contributed by atoms with E-state index in [1.807, 2.05) is 11.3 Å². The van der Waals surface area contributed by atoms with E-state index in [0.29, 0.717) is 6.42 Å². The van der Waals surface area contributed by atoms with Gasteiger partial charge in [0.1, 0.15) is 0 Å². The fourth-order valence-corrected chi connectivity index (χ4v) is 10.7. The standard InChI is InChI=1S/C53H31N3S/c1-2-12-32(13-3-1)53-54-51(42-29-35-16-6-7-17-36(35)37-18-8-9-19-38(37)42)43-26-31-22-23-39-41-28-33-14-4-5-15-34(33)30-46(41)56(45(39)27-31)44-24-25-48-49(50(44)52(43)55-53)40-20-10-11-21-47(40)57-48/h1-25,27-30H,26H2. The zero-order valence-electron chi connectivity index (χ0n) is 30.7. The van der Waals surface area contributed by atoms with Gasteiger partial charge in [-0.05, 0) is 80.3 Å².